The number of benzene rings is 1. The van der Waals surface area contributed by atoms with Crippen LogP contribution in [0.1, 0.15) is 24.8 Å². The molecule has 1 atom stereocenters. The minimum atomic E-state index is -0.0533. The van der Waals surface area contributed by atoms with Crippen molar-refractivity contribution >= 4 is 29.9 Å². The van der Waals surface area contributed by atoms with Gasteiger partial charge in [-0.05, 0) is 37.1 Å². The summed E-state index contributed by atoms with van der Waals surface area (Å²) in [5.74, 6) is 0.706. The van der Waals surface area contributed by atoms with E-state index < -0.39 is 0 Å². The van der Waals surface area contributed by atoms with Gasteiger partial charge in [-0.2, -0.15) is 0 Å². The van der Waals surface area contributed by atoms with Gasteiger partial charge < -0.3 is 15.4 Å². The number of piperidine rings is 1. The molecule has 0 aliphatic carbocycles. The Labute approximate surface area is 130 Å². The van der Waals surface area contributed by atoms with Crippen molar-refractivity contribution in [3.63, 3.8) is 0 Å². The van der Waals surface area contributed by atoms with Crippen molar-refractivity contribution in [2.75, 3.05) is 13.7 Å². The lowest BCUT2D eigenvalue weighted by Crippen LogP contribution is -2.46. The van der Waals surface area contributed by atoms with Crippen LogP contribution in [0, 0.1) is 0 Å². The third-order valence-electron chi connectivity index (χ3n) is 3.31. The van der Waals surface area contributed by atoms with Crippen molar-refractivity contribution in [2.45, 2.75) is 31.8 Å². The predicted octanol–water partition coefficient (Wildman–Crippen LogP) is 2.53. The second-order valence-corrected chi connectivity index (χ2v) is 5.10. The second kappa shape index (κ2) is 8.35. The summed E-state index contributed by atoms with van der Waals surface area (Å²) in [6, 6.07) is 5.47. The summed E-state index contributed by atoms with van der Waals surface area (Å²) in [7, 11) is 1.58. The van der Waals surface area contributed by atoms with Gasteiger partial charge in [-0.3, -0.25) is 4.79 Å². The number of rotatable bonds is 4. The number of nitrogens with one attached hydrogen (secondary N) is 2. The largest absolute Gasteiger partial charge is 0.495 e. The third kappa shape index (κ3) is 4.54. The number of ether oxygens (including phenoxy) is 1. The molecule has 2 rings (SSSR count). The lowest BCUT2D eigenvalue weighted by molar-refractivity contribution is -0.123. The zero-order valence-electron chi connectivity index (χ0n) is 11.4. The zero-order valence-corrected chi connectivity index (χ0v) is 13.0. The fourth-order valence-corrected chi connectivity index (χ4v) is 2.49. The Bertz CT molecular complexity index is 449. The topological polar surface area (TPSA) is 50.4 Å². The van der Waals surface area contributed by atoms with Gasteiger partial charge in [-0.1, -0.05) is 24.1 Å². The van der Waals surface area contributed by atoms with E-state index in [1.165, 1.54) is 0 Å². The van der Waals surface area contributed by atoms with Crippen LogP contribution in [-0.4, -0.2) is 25.6 Å². The fraction of sp³-hybridized carbons (Fsp3) is 0.500. The van der Waals surface area contributed by atoms with Crippen molar-refractivity contribution in [3.05, 3.63) is 28.8 Å². The summed E-state index contributed by atoms with van der Waals surface area (Å²) in [6.07, 6.45) is 3.17. The molecule has 0 aromatic heterocycles. The molecule has 0 radical (unpaired) electrons. The summed E-state index contributed by atoms with van der Waals surface area (Å²) in [5.41, 5.74) is 0.968. The Balaban J connectivity index is 0.00000200. The minimum absolute atomic E-state index is 0. The number of halogens is 2. The normalized spacial score (nSPS) is 18.0. The molecule has 1 unspecified atom stereocenters. The number of hydrogen-bond acceptors (Lipinski definition) is 3. The second-order valence-electron chi connectivity index (χ2n) is 4.69. The van der Waals surface area contributed by atoms with Gasteiger partial charge in [0.15, 0.2) is 0 Å². The van der Waals surface area contributed by atoms with E-state index in [4.69, 9.17) is 16.3 Å². The summed E-state index contributed by atoms with van der Waals surface area (Å²) in [6.45, 7) is 1.41. The van der Waals surface area contributed by atoms with Crippen molar-refractivity contribution in [2.24, 2.45) is 0 Å². The first-order valence-electron chi connectivity index (χ1n) is 6.54. The highest BCUT2D eigenvalue weighted by molar-refractivity contribution is 6.32. The molecule has 4 nitrogen and oxygen atoms in total. The van der Waals surface area contributed by atoms with Crippen LogP contribution in [0.2, 0.25) is 5.02 Å². The molecule has 1 aromatic rings. The van der Waals surface area contributed by atoms with Gasteiger partial charge in [0.1, 0.15) is 5.75 Å². The molecule has 2 N–H and O–H groups in total. The molecular weight excluding hydrogens is 299 g/mol. The van der Waals surface area contributed by atoms with Gasteiger partial charge in [0, 0.05) is 6.54 Å². The Kier molecular flexibility index (Phi) is 7.13. The number of carbonyl (C=O) groups excluding carboxylic acids is 1. The Morgan fingerprint density at radius 3 is 2.90 bits per heavy atom. The van der Waals surface area contributed by atoms with Crippen molar-refractivity contribution in [3.8, 4) is 5.75 Å². The van der Waals surface area contributed by atoms with Crippen molar-refractivity contribution < 1.29 is 9.53 Å². The first-order valence-corrected chi connectivity index (χ1v) is 6.92. The molecule has 1 aromatic carbocycles. The van der Waals surface area contributed by atoms with E-state index in [0.717, 1.165) is 31.4 Å². The summed E-state index contributed by atoms with van der Waals surface area (Å²) < 4.78 is 5.09. The first-order chi connectivity index (χ1) is 9.20. The Hall–Kier alpha value is -0.970. The average Bonchev–Trinajstić information content (AvgIpc) is 2.46. The summed E-state index contributed by atoms with van der Waals surface area (Å²) in [5, 5.41) is 6.72. The maximum atomic E-state index is 11.9. The molecule has 1 aliphatic heterocycles. The molecule has 0 bridgehead atoms. The van der Waals surface area contributed by atoms with E-state index in [-0.39, 0.29) is 24.4 Å². The standard InChI is InChI=1S/C14H19ClN2O2.ClH/c1-19-13-6-5-10(8-11(13)15)9-17-14(18)12-4-2-3-7-16-12;/h5-6,8,12,16H,2-4,7,9H2,1H3,(H,17,18);1H. The maximum Gasteiger partial charge on any atom is 0.237 e. The minimum Gasteiger partial charge on any atom is -0.495 e. The van der Waals surface area contributed by atoms with E-state index in [1.54, 1.807) is 7.11 Å². The van der Waals surface area contributed by atoms with Crippen LogP contribution in [0.15, 0.2) is 18.2 Å². The van der Waals surface area contributed by atoms with Gasteiger partial charge in [0.05, 0.1) is 18.2 Å². The molecule has 1 saturated heterocycles. The lowest BCUT2D eigenvalue weighted by Gasteiger charge is -2.22. The highest BCUT2D eigenvalue weighted by Gasteiger charge is 2.19. The van der Waals surface area contributed by atoms with Crippen LogP contribution in [0.4, 0.5) is 0 Å². The van der Waals surface area contributed by atoms with Crippen LogP contribution in [0.25, 0.3) is 0 Å². The van der Waals surface area contributed by atoms with Gasteiger partial charge in [-0.25, -0.2) is 0 Å². The quantitative estimate of drug-likeness (QED) is 0.897. The number of carbonyl (C=O) groups is 1. The van der Waals surface area contributed by atoms with Crippen LogP contribution in [0.3, 0.4) is 0 Å². The third-order valence-corrected chi connectivity index (χ3v) is 3.61. The first kappa shape index (κ1) is 17.1. The highest BCUT2D eigenvalue weighted by Crippen LogP contribution is 2.24. The Morgan fingerprint density at radius 2 is 2.30 bits per heavy atom. The number of hydrogen-bond donors (Lipinski definition) is 2. The highest BCUT2D eigenvalue weighted by atomic mass is 35.5. The zero-order chi connectivity index (χ0) is 13.7. The Morgan fingerprint density at radius 1 is 1.50 bits per heavy atom. The van der Waals surface area contributed by atoms with Crippen LogP contribution in [-0.2, 0) is 11.3 Å². The maximum absolute atomic E-state index is 11.9. The SMILES string of the molecule is COc1ccc(CNC(=O)C2CCCCN2)cc1Cl.Cl. The predicted molar refractivity (Wildman–Crippen MR) is 82.7 cm³/mol. The van der Waals surface area contributed by atoms with Crippen molar-refractivity contribution in [1.82, 2.24) is 10.6 Å². The van der Waals surface area contributed by atoms with Crippen LogP contribution >= 0.6 is 24.0 Å². The molecule has 1 aliphatic rings. The van der Waals surface area contributed by atoms with Crippen LogP contribution < -0.4 is 15.4 Å². The molecule has 1 fully saturated rings. The molecule has 112 valence electrons. The van der Waals surface area contributed by atoms with E-state index in [0.29, 0.717) is 17.3 Å². The van der Waals surface area contributed by atoms with E-state index >= 15 is 0 Å². The van der Waals surface area contributed by atoms with Crippen molar-refractivity contribution in [1.29, 1.82) is 0 Å². The van der Waals surface area contributed by atoms with E-state index in [9.17, 15) is 4.79 Å². The fourth-order valence-electron chi connectivity index (χ4n) is 2.21. The van der Waals surface area contributed by atoms with Gasteiger partial charge >= 0.3 is 0 Å². The van der Waals surface area contributed by atoms with Gasteiger partial charge in [0.25, 0.3) is 0 Å². The monoisotopic (exact) mass is 318 g/mol. The molecule has 1 amide bonds. The van der Waals surface area contributed by atoms with E-state index in [2.05, 4.69) is 10.6 Å². The molecule has 6 heteroatoms. The summed E-state index contributed by atoms with van der Waals surface area (Å²) in [4.78, 5) is 11.9. The van der Waals surface area contributed by atoms with Gasteiger partial charge in [-0.15, -0.1) is 12.4 Å². The average molecular weight is 319 g/mol. The molecular formula is C14H20Cl2N2O2. The number of methoxy groups -OCH3 is 1. The van der Waals surface area contributed by atoms with Gasteiger partial charge in [0.2, 0.25) is 5.91 Å². The number of amides is 1. The molecule has 1 heterocycles. The molecule has 0 spiro atoms. The molecule has 20 heavy (non-hydrogen) atoms. The summed E-state index contributed by atoms with van der Waals surface area (Å²) >= 11 is 6.04. The van der Waals surface area contributed by atoms with Crippen LogP contribution in [0.5, 0.6) is 5.75 Å². The lowest BCUT2D eigenvalue weighted by atomic mass is 10.0. The van der Waals surface area contributed by atoms with E-state index in [1.807, 2.05) is 18.2 Å². The smallest absolute Gasteiger partial charge is 0.237 e. The molecule has 0 saturated carbocycles.